The van der Waals surface area contributed by atoms with E-state index in [1.54, 1.807) is 0 Å². The number of fused-ring (bicyclic) bond motifs is 1. The topological polar surface area (TPSA) is 43.2 Å². The van der Waals surface area contributed by atoms with Crippen molar-refractivity contribution in [1.82, 2.24) is 14.8 Å². The number of aromatic nitrogens is 3. The maximum absolute atomic E-state index is 5.90. The number of anilines is 1. The lowest BCUT2D eigenvalue weighted by Gasteiger charge is -2.33. The Morgan fingerprint density at radius 1 is 1.22 bits per heavy atom. The molecule has 0 bridgehead atoms. The molecule has 5 nitrogen and oxygen atoms in total. The molecule has 5 heteroatoms. The predicted octanol–water partition coefficient (Wildman–Crippen LogP) is 2.65. The third-order valence-corrected chi connectivity index (χ3v) is 4.20. The molecule has 23 heavy (non-hydrogen) atoms. The second kappa shape index (κ2) is 6.01. The van der Waals surface area contributed by atoms with Crippen molar-refractivity contribution in [2.45, 2.75) is 19.6 Å². The standard InChI is InChI=1S/C18H20N4O/c1-14-10-19-22(11-14)13-16-12-21(8-9-23-16)18-7-6-15-4-2-3-5-17(15)20-18/h2-7,10-11,16H,8-9,12-13H2,1H3. The zero-order valence-electron chi connectivity index (χ0n) is 13.2. The molecule has 0 spiro atoms. The first-order valence-corrected chi connectivity index (χ1v) is 7.99. The van der Waals surface area contributed by atoms with Crippen LogP contribution in [0, 0.1) is 6.92 Å². The second-order valence-corrected chi connectivity index (χ2v) is 6.04. The lowest BCUT2D eigenvalue weighted by molar-refractivity contribution is 0.0272. The summed E-state index contributed by atoms with van der Waals surface area (Å²) < 4.78 is 7.86. The van der Waals surface area contributed by atoms with Crippen LogP contribution in [-0.4, -0.2) is 40.6 Å². The van der Waals surface area contributed by atoms with Crippen molar-refractivity contribution in [3.05, 3.63) is 54.4 Å². The normalized spacial score (nSPS) is 18.5. The van der Waals surface area contributed by atoms with E-state index in [1.165, 1.54) is 10.9 Å². The maximum Gasteiger partial charge on any atom is 0.129 e. The van der Waals surface area contributed by atoms with E-state index in [0.717, 1.165) is 37.6 Å². The number of morpholine rings is 1. The van der Waals surface area contributed by atoms with E-state index < -0.39 is 0 Å². The van der Waals surface area contributed by atoms with Gasteiger partial charge in [0.15, 0.2) is 0 Å². The largest absolute Gasteiger partial charge is 0.373 e. The quantitative estimate of drug-likeness (QED) is 0.746. The Hall–Kier alpha value is -2.40. The Bertz CT molecular complexity index is 813. The van der Waals surface area contributed by atoms with Crippen LogP contribution >= 0.6 is 0 Å². The average molecular weight is 308 g/mol. The van der Waals surface area contributed by atoms with Crippen molar-refractivity contribution in [3.63, 3.8) is 0 Å². The number of para-hydroxylation sites is 1. The van der Waals surface area contributed by atoms with Gasteiger partial charge in [-0.3, -0.25) is 4.68 Å². The van der Waals surface area contributed by atoms with Crippen LogP contribution in [0.3, 0.4) is 0 Å². The molecule has 2 aromatic heterocycles. The van der Waals surface area contributed by atoms with Crippen molar-refractivity contribution in [3.8, 4) is 0 Å². The van der Waals surface area contributed by atoms with E-state index in [4.69, 9.17) is 9.72 Å². The van der Waals surface area contributed by atoms with Gasteiger partial charge >= 0.3 is 0 Å². The molecule has 4 rings (SSSR count). The number of benzene rings is 1. The van der Waals surface area contributed by atoms with Gasteiger partial charge < -0.3 is 9.64 Å². The van der Waals surface area contributed by atoms with Crippen molar-refractivity contribution in [2.75, 3.05) is 24.6 Å². The third kappa shape index (κ3) is 3.05. The molecule has 0 amide bonds. The van der Waals surface area contributed by atoms with Crippen LogP contribution in [-0.2, 0) is 11.3 Å². The van der Waals surface area contributed by atoms with E-state index in [0.29, 0.717) is 0 Å². The molecular weight excluding hydrogens is 288 g/mol. The molecule has 1 aliphatic heterocycles. The molecule has 1 saturated heterocycles. The highest BCUT2D eigenvalue weighted by molar-refractivity contribution is 5.80. The number of pyridine rings is 1. The lowest BCUT2D eigenvalue weighted by Crippen LogP contribution is -2.44. The van der Waals surface area contributed by atoms with Crippen LogP contribution in [0.2, 0.25) is 0 Å². The number of nitrogens with zero attached hydrogens (tertiary/aromatic N) is 4. The van der Waals surface area contributed by atoms with Crippen molar-refractivity contribution < 1.29 is 4.74 Å². The Morgan fingerprint density at radius 2 is 2.13 bits per heavy atom. The zero-order chi connectivity index (χ0) is 15.6. The minimum atomic E-state index is 0.135. The highest BCUT2D eigenvalue weighted by Crippen LogP contribution is 2.20. The zero-order valence-corrected chi connectivity index (χ0v) is 13.2. The highest BCUT2D eigenvalue weighted by Gasteiger charge is 2.22. The monoisotopic (exact) mass is 308 g/mol. The van der Waals surface area contributed by atoms with E-state index in [2.05, 4.69) is 47.4 Å². The van der Waals surface area contributed by atoms with E-state index in [9.17, 15) is 0 Å². The van der Waals surface area contributed by atoms with Crippen LogP contribution in [0.5, 0.6) is 0 Å². The summed E-state index contributed by atoms with van der Waals surface area (Å²) in [5.41, 5.74) is 2.21. The minimum absolute atomic E-state index is 0.135. The first kappa shape index (κ1) is 14.2. The summed E-state index contributed by atoms with van der Waals surface area (Å²) in [4.78, 5) is 7.09. The van der Waals surface area contributed by atoms with Gasteiger partial charge in [0.25, 0.3) is 0 Å². The summed E-state index contributed by atoms with van der Waals surface area (Å²) in [6, 6.07) is 12.5. The minimum Gasteiger partial charge on any atom is -0.373 e. The smallest absolute Gasteiger partial charge is 0.129 e. The van der Waals surface area contributed by atoms with Gasteiger partial charge in [-0.05, 0) is 30.7 Å². The molecule has 1 atom stereocenters. The van der Waals surface area contributed by atoms with Gasteiger partial charge in [-0.15, -0.1) is 0 Å². The van der Waals surface area contributed by atoms with Crippen LogP contribution in [0.15, 0.2) is 48.8 Å². The molecular formula is C18H20N4O. The Labute approximate surface area is 135 Å². The fourth-order valence-electron chi connectivity index (χ4n) is 3.04. The summed E-state index contributed by atoms with van der Waals surface area (Å²) in [7, 11) is 0. The number of rotatable bonds is 3. The molecule has 0 radical (unpaired) electrons. The number of ether oxygens (including phenoxy) is 1. The molecule has 1 unspecified atom stereocenters. The van der Waals surface area contributed by atoms with E-state index >= 15 is 0 Å². The Kier molecular flexibility index (Phi) is 3.71. The van der Waals surface area contributed by atoms with Gasteiger partial charge in [-0.2, -0.15) is 5.10 Å². The average Bonchev–Trinajstić information content (AvgIpc) is 2.99. The van der Waals surface area contributed by atoms with E-state index in [1.807, 2.05) is 23.0 Å². The fraction of sp³-hybridized carbons (Fsp3) is 0.333. The molecule has 1 aromatic carbocycles. The summed E-state index contributed by atoms with van der Waals surface area (Å²) in [6.45, 7) is 5.26. The molecule has 0 N–H and O–H groups in total. The van der Waals surface area contributed by atoms with Gasteiger partial charge in [-0.25, -0.2) is 4.98 Å². The molecule has 118 valence electrons. The Balaban J connectivity index is 1.51. The molecule has 0 saturated carbocycles. The summed E-state index contributed by atoms with van der Waals surface area (Å²) >= 11 is 0. The van der Waals surface area contributed by atoms with Crippen molar-refractivity contribution in [1.29, 1.82) is 0 Å². The number of aryl methyl sites for hydroxylation is 1. The molecule has 1 aliphatic rings. The van der Waals surface area contributed by atoms with Crippen LogP contribution in [0.1, 0.15) is 5.56 Å². The predicted molar refractivity (Wildman–Crippen MR) is 90.7 cm³/mol. The van der Waals surface area contributed by atoms with Crippen molar-refractivity contribution >= 4 is 16.7 Å². The van der Waals surface area contributed by atoms with Gasteiger partial charge in [0.2, 0.25) is 0 Å². The number of hydrogen-bond donors (Lipinski definition) is 0. The second-order valence-electron chi connectivity index (χ2n) is 6.04. The van der Waals surface area contributed by atoms with Crippen LogP contribution in [0.4, 0.5) is 5.82 Å². The summed E-state index contributed by atoms with van der Waals surface area (Å²) in [5.74, 6) is 1.02. The molecule has 3 aromatic rings. The van der Waals surface area contributed by atoms with Gasteiger partial charge in [0.05, 0.1) is 31.0 Å². The van der Waals surface area contributed by atoms with Crippen molar-refractivity contribution in [2.24, 2.45) is 0 Å². The summed E-state index contributed by atoms with van der Waals surface area (Å²) in [5, 5.41) is 5.53. The third-order valence-electron chi connectivity index (χ3n) is 4.20. The van der Waals surface area contributed by atoms with Crippen LogP contribution < -0.4 is 4.90 Å². The van der Waals surface area contributed by atoms with E-state index in [-0.39, 0.29) is 6.10 Å². The molecule has 0 aliphatic carbocycles. The fourth-order valence-corrected chi connectivity index (χ4v) is 3.04. The highest BCUT2D eigenvalue weighted by atomic mass is 16.5. The number of hydrogen-bond acceptors (Lipinski definition) is 4. The van der Waals surface area contributed by atoms with Gasteiger partial charge in [0, 0.05) is 24.7 Å². The first-order chi connectivity index (χ1) is 11.3. The Morgan fingerprint density at radius 3 is 3.00 bits per heavy atom. The summed E-state index contributed by atoms with van der Waals surface area (Å²) in [6.07, 6.45) is 4.07. The lowest BCUT2D eigenvalue weighted by atomic mass is 10.2. The first-order valence-electron chi connectivity index (χ1n) is 7.99. The molecule has 3 heterocycles. The van der Waals surface area contributed by atoms with Crippen LogP contribution in [0.25, 0.3) is 10.9 Å². The maximum atomic E-state index is 5.90. The van der Waals surface area contributed by atoms with Gasteiger partial charge in [-0.1, -0.05) is 18.2 Å². The van der Waals surface area contributed by atoms with Gasteiger partial charge in [0.1, 0.15) is 5.82 Å². The molecule has 1 fully saturated rings. The SMILES string of the molecule is Cc1cnn(CC2CN(c3ccc4ccccc4n3)CCO2)c1.